The molecule has 1 heterocycles. The zero-order chi connectivity index (χ0) is 14.8. The third-order valence-corrected chi connectivity index (χ3v) is 3.13. The van der Waals surface area contributed by atoms with Crippen molar-refractivity contribution in [1.82, 2.24) is 4.98 Å². The molecule has 3 aromatic rings. The van der Waals surface area contributed by atoms with Gasteiger partial charge >= 0.3 is 5.76 Å². The SMILES string of the molecule is N#Cc1cccc(CNc2cc3[nH]c(=O)oc3cc2N)c1. The van der Waals surface area contributed by atoms with Crippen LogP contribution >= 0.6 is 0 Å². The molecule has 0 radical (unpaired) electrons. The van der Waals surface area contributed by atoms with Crippen molar-refractivity contribution < 1.29 is 4.42 Å². The standard InChI is InChI=1S/C15H12N4O2/c16-7-9-2-1-3-10(4-9)8-18-12-6-13-14(5-11(12)17)21-15(20)19-13/h1-6,18H,8,17H2,(H,19,20). The summed E-state index contributed by atoms with van der Waals surface area (Å²) in [4.78, 5) is 13.7. The van der Waals surface area contributed by atoms with E-state index in [0.29, 0.717) is 34.6 Å². The summed E-state index contributed by atoms with van der Waals surface area (Å²) in [5.41, 5.74) is 9.70. The van der Waals surface area contributed by atoms with Gasteiger partial charge in [0.1, 0.15) is 0 Å². The molecule has 0 aliphatic carbocycles. The van der Waals surface area contributed by atoms with Crippen molar-refractivity contribution in [3.8, 4) is 6.07 Å². The first-order valence-corrected chi connectivity index (χ1v) is 6.31. The Kier molecular flexibility index (Phi) is 3.09. The molecular weight excluding hydrogens is 268 g/mol. The maximum atomic E-state index is 11.1. The number of aromatic amines is 1. The van der Waals surface area contributed by atoms with Crippen molar-refractivity contribution in [3.05, 3.63) is 58.1 Å². The van der Waals surface area contributed by atoms with Crippen LogP contribution in [0.3, 0.4) is 0 Å². The highest BCUT2D eigenvalue weighted by Crippen LogP contribution is 2.24. The van der Waals surface area contributed by atoms with E-state index in [1.165, 1.54) is 0 Å². The molecule has 2 aromatic carbocycles. The zero-order valence-corrected chi connectivity index (χ0v) is 11.0. The molecule has 104 valence electrons. The normalized spacial score (nSPS) is 10.4. The molecule has 3 rings (SSSR count). The largest absolute Gasteiger partial charge is 0.417 e. The summed E-state index contributed by atoms with van der Waals surface area (Å²) >= 11 is 0. The van der Waals surface area contributed by atoms with Gasteiger partial charge in [0, 0.05) is 12.6 Å². The molecule has 0 unspecified atom stereocenters. The Bertz CT molecular complexity index is 902. The summed E-state index contributed by atoms with van der Waals surface area (Å²) in [5, 5.41) is 12.1. The van der Waals surface area contributed by atoms with Crippen molar-refractivity contribution in [2.75, 3.05) is 11.1 Å². The molecule has 0 atom stereocenters. The number of hydrogen-bond acceptors (Lipinski definition) is 5. The van der Waals surface area contributed by atoms with E-state index >= 15 is 0 Å². The predicted octanol–water partition coefficient (Wildman–Crippen LogP) is 2.19. The quantitative estimate of drug-likeness (QED) is 0.637. The Morgan fingerprint density at radius 3 is 3.00 bits per heavy atom. The number of nitrogens with two attached hydrogens (primary N) is 1. The summed E-state index contributed by atoms with van der Waals surface area (Å²) in [6, 6.07) is 12.7. The van der Waals surface area contributed by atoms with E-state index in [-0.39, 0.29) is 0 Å². The highest BCUT2D eigenvalue weighted by molar-refractivity contribution is 5.85. The first-order chi connectivity index (χ1) is 10.2. The van der Waals surface area contributed by atoms with Gasteiger partial charge in [-0.3, -0.25) is 4.98 Å². The Hall–Kier alpha value is -3.20. The van der Waals surface area contributed by atoms with Crippen LogP contribution in [0.25, 0.3) is 11.1 Å². The second-order valence-corrected chi connectivity index (χ2v) is 4.62. The van der Waals surface area contributed by atoms with Crippen molar-refractivity contribution >= 4 is 22.5 Å². The van der Waals surface area contributed by atoms with Crippen molar-refractivity contribution in [2.24, 2.45) is 0 Å². The molecule has 6 nitrogen and oxygen atoms in total. The molecule has 4 N–H and O–H groups in total. The monoisotopic (exact) mass is 280 g/mol. The van der Waals surface area contributed by atoms with Gasteiger partial charge in [0.05, 0.1) is 28.5 Å². The number of rotatable bonds is 3. The number of nitriles is 1. The van der Waals surface area contributed by atoms with Gasteiger partial charge in [-0.1, -0.05) is 12.1 Å². The molecule has 0 aliphatic heterocycles. The molecular formula is C15H12N4O2. The van der Waals surface area contributed by atoms with E-state index in [9.17, 15) is 4.79 Å². The number of aromatic nitrogens is 1. The van der Waals surface area contributed by atoms with E-state index in [1.54, 1.807) is 24.3 Å². The first kappa shape index (κ1) is 12.8. The minimum Gasteiger partial charge on any atom is -0.408 e. The minimum atomic E-state index is -0.511. The van der Waals surface area contributed by atoms with E-state index in [1.807, 2.05) is 12.1 Å². The van der Waals surface area contributed by atoms with E-state index < -0.39 is 5.76 Å². The van der Waals surface area contributed by atoms with Gasteiger partial charge in [0.25, 0.3) is 0 Å². The lowest BCUT2D eigenvalue weighted by Gasteiger charge is -2.09. The highest BCUT2D eigenvalue weighted by atomic mass is 16.4. The molecule has 0 aliphatic rings. The number of nitrogens with zero attached hydrogens (tertiary/aromatic N) is 1. The van der Waals surface area contributed by atoms with E-state index in [4.69, 9.17) is 15.4 Å². The topological polar surface area (TPSA) is 108 Å². The lowest BCUT2D eigenvalue weighted by Crippen LogP contribution is -2.02. The van der Waals surface area contributed by atoms with Crippen LogP contribution in [-0.4, -0.2) is 4.98 Å². The lowest BCUT2D eigenvalue weighted by molar-refractivity contribution is 0.555. The van der Waals surface area contributed by atoms with Gasteiger partial charge < -0.3 is 15.5 Å². The molecule has 0 amide bonds. The van der Waals surface area contributed by atoms with Crippen LogP contribution in [0, 0.1) is 11.3 Å². The molecule has 0 bridgehead atoms. The fraction of sp³-hybridized carbons (Fsp3) is 0.0667. The maximum Gasteiger partial charge on any atom is 0.417 e. The average Bonchev–Trinajstić information content (AvgIpc) is 2.84. The number of nitrogen functional groups attached to an aromatic ring is 1. The molecule has 0 fully saturated rings. The maximum absolute atomic E-state index is 11.1. The molecule has 0 saturated carbocycles. The van der Waals surface area contributed by atoms with Crippen LogP contribution in [0.4, 0.5) is 11.4 Å². The molecule has 1 aromatic heterocycles. The van der Waals surface area contributed by atoms with Crippen LogP contribution in [0.2, 0.25) is 0 Å². The third kappa shape index (κ3) is 2.58. The van der Waals surface area contributed by atoms with E-state index in [2.05, 4.69) is 16.4 Å². The molecule has 21 heavy (non-hydrogen) atoms. The van der Waals surface area contributed by atoms with Crippen LogP contribution in [0.5, 0.6) is 0 Å². The summed E-state index contributed by atoms with van der Waals surface area (Å²) in [7, 11) is 0. The molecule has 6 heteroatoms. The molecule has 0 saturated heterocycles. The number of anilines is 2. The Balaban J connectivity index is 1.86. The van der Waals surface area contributed by atoms with Crippen molar-refractivity contribution in [1.29, 1.82) is 5.26 Å². The zero-order valence-electron chi connectivity index (χ0n) is 11.0. The van der Waals surface area contributed by atoms with Gasteiger partial charge in [0.2, 0.25) is 0 Å². The van der Waals surface area contributed by atoms with Crippen LogP contribution in [0.1, 0.15) is 11.1 Å². The van der Waals surface area contributed by atoms with Crippen LogP contribution < -0.4 is 16.8 Å². The fourth-order valence-electron chi connectivity index (χ4n) is 2.11. The highest BCUT2D eigenvalue weighted by Gasteiger charge is 2.06. The number of hydrogen-bond donors (Lipinski definition) is 3. The van der Waals surface area contributed by atoms with Gasteiger partial charge in [-0.05, 0) is 23.8 Å². The number of benzene rings is 2. The second kappa shape index (κ2) is 5.06. The Labute approximate surface area is 119 Å². The Morgan fingerprint density at radius 2 is 2.19 bits per heavy atom. The fourth-order valence-corrected chi connectivity index (χ4v) is 2.11. The second-order valence-electron chi connectivity index (χ2n) is 4.62. The number of nitrogens with one attached hydrogen (secondary N) is 2. The molecule has 0 spiro atoms. The van der Waals surface area contributed by atoms with Gasteiger partial charge in [0.15, 0.2) is 5.58 Å². The van der Waals surface area contributed by atoms with Crippen molar-refractivity contribution in [2.45, 2.75) is 6.54 Å². The number of fused-ring (bicyclic) bond motifs is 1. The summed E-state index contributed by atoms with van der Waals surface area (Å²) in [5.74, 6) is -0.511. The number of oxazole rings is 1. The minimum absolute atomic E-state index is 0.425. The van der Waals surface area contributed by atoms with Crippen LogP contribution in [0.15, 0.2) is 45.6 Å². The van der Waals surface area contributed by atoms with E-state index in [0.717, 1.165) is 5.56 Å². The summed E-state index contributed by atoms with van der Waals surface area (Å²) in [6.07, 6.45) is 0. The summed E-state index contributed by atoms with van der Waals surface area (Å²) in [6.45, 7) is 0.521. The average molecular weight is 280 g/mol. The third-order valence-electron chi connectivity index (χ3n) is 3.13. The first-order valence-electron chi connectivity index (χ1n) is 6.31. The van der Waals surface area contributed by atoms with Gasteiger partial charge in [-0.25, -0.2) is 4.79 Å². The summed E-state index contributed by atoms with van der Waals surface area (Å²) < 4.78 is 4.94. The van der Waals surface area contributed by atoms with Crippen LogP contribution in [-0.2, 0) is 6.54 Å². The van der Waals surface area contributed by atoms with Crippen molar-refractivity contribution in [3.63, 3.8) is 0 Å². The van der Waals surface area contributed by atoms with Gasteiger partial charge in [-0.15, -0.1) is 0 Å². The number of H-pyrrole nitrogens is 1. The smallest absolute Gasteiger partial charge is 0.408 e. The predicted molar refractivity (Wildman–Crippen MR) is 79.7 cm³/mol. The lowest BCUT2D eigenvalue weighted by atomic mass is 10.1. The Morgan fingerprint density at radius 1 is 1.33 bits per heavy atom. The van der Waals surface area contributed by atoms with Gasteiger partial charge in [-0.2, -0.15) is 5.26 Å².